The molecule has 0 spiro atoms. The Hall–Kier alpha value is -2.89. The third-order valence-corrected chi connectivity index (χ3v) is 5.04. The molecule has 0 bridgehead atoms. The van der Waals surface area contributed by atoms with E-state index >= 15 is 0 Å². The fourth-order valence-electron chi connectivity index (χ4n) is 3.59. The largest absolute Gasteiger partial charge is 0.336 e. The number of nitrogens with zero attached hydrogens (tertiary/aromatic N) is 4. The second kappa shape index (κ2) is 6.78. The molecule has 1 amide bonds. The molecule has 2 aromatic heterocycles. The normalized spacial score (nSPS) is 16.3. The van der Waals surface area contributed by atoms with Gasteiger partial charge in [-0.05, 0) is 48.9 Å². The third kappa shape index (κ3) is 3.14. The summed E-state index contributed by atoms with van der Waals surface area (Å²) in [5.41, 5.74) is 4.86. The average Bonchev–Trinajstić information content (AvgIpc) is 3.31. The van der Waals surface area contributed by atoms with E-state index in [0.29, 0.717) is 18.2 Å². The van der Waals surface area contributed by atoms with Crippen molar-refractivity contribution in [1.82, 2.24) is 24.9 Å². The molecule has 0 fully saturated rings. The van der Waals surface area contributed by atoms with E-state index in [9.17, 15) is 4.79 Å². The number of fused-ring (bicyclic) bond motifs is 1. The predicted octanol–water partition coefficient (Wildman–Crippen LogP) is 2.99. The van der Waals surface area contributed by atoms with Gasteiger partial charge in [0.15, 0.2) is 5.69 Å². The highest BCUT2D eigenvalue weighted by molar-refractivity contribution is 5.93. The molecule has 0 aliphatic heterocycles. The minimum Gasteiger partial charge on any atom is -0.336 e. The van der Waals surface area contributed by atoms with Crippen molar-refractivity contribution in [2.75, 3.05) is 7.05 Å². The Labute approximate surface area is 152 Å². The summed E-state index contributed by atoms with van der Waals surface area (Å²) in [6.07, 6.45) is 6.72. The second-order valence-electron chi connectivity index (χ2n) is 7.16. The van der Waals surface area contributed by atoms with Gasteiger partial charge >= 0.3 is 0 Å². The van der Waals surface area contributed by atoms with Gasteiger partial charge in [0.05, 0.1) is 5.69 Å². The fraction of sp³-hybridized carbons (Fsp3) is 0.350. The van der Waals surface area contributed by atoms with Crippen molar-refractivity contribution in [3.63, 3.8) is 0 Å². The predicted molar refractivity (Wildman–Crippen MR) is 99.1 cm³/mol. The molecule has 26 heavy (non-hydrogen) atoms. The molecule has 1 aromatic carbocycles. The molecule has 3 aromatic rings. The SMILES string of the molecule is C[C@@H]1CCc2[nH]nc(C(=O)N(C)Cc3cccc(-n4cccn4)c3)c2C1. The number of hydrogen-bond acceptors (Lipinski definition) is 3. The Morgan fingerprint density at radius 1 is 1.38 bits per heavy atom. The number of carbonyl (C=O) groups is 1. The highest BCUT2D eigenvalue weighted by Gasteiger charge is 2.26. The Kier molecular flexibility index (Phi) is 4.32. The monoisotopic (exact) mass is 349 g/mol. The van der Waals surface area contributed by atoms with Gasteiger partial charge in [-0.15, -0.1) is 0 Å². The number of amides is 1. The van der Waals surface area contributed by atoms with Crippen molar-refractivity contribution in [3.8, 4) is 5.69 Å². The summed E-state index contributed by atoms with van der Waals surface area (Å²) in [6, 6.07) is 9.97. The molecule has 1 N–H and O–H groups in total. The zero-order valence-corrected chi connectivity index (χ0v) is 15.1. The minimum atomic E-state index is -0.0268. The van der Waals surface area contributed by atoms with Gasteiger partial charge in [-0.2, -0.15) is 10.2 Å². The molecule has 134 valence electrons. The topological polar surface area (TPSA) is 66.8 Å². The summed E-state index contributed by atoms with van der Waals surface area (Å²) in [6.45, 7) is 2.76. The van der Waals surface area contributed by atoms with Crippen molar-refractivity contribution in [3.05, 3.63) is 65.2 Å². The van der Waals surface area contributed by atoms with Gasteiger partial charge in [0.25, 0.3) is 5.91 Å². The van der Waals surface area contributed by atoms with Crippen molar-refractivity contribution < 1.29 is 4.79 Å². The zero-order chi connectivity index (χ0) is 18.1. The first-order chi connectivity index (χ1) is 12.6. The van der Waals surface area contributed by atoms with Crippen molar-refractivity contribution in [2.45, 2.75) is 32.7 Å². The smallest absolute Gasteiger partial charge is 0.274 e. The number of rotatable bonds is 4. The summed E-state index contributed by atoms with van der Waals surface area (Å²) in [5, 5.41) is 11.6. The summed E-state index contributed by atoms with van der Waals surface area (Å²) in [4.78, 5) is 14.7. The van der Waals surface area contributed by atoms with Gasteiger partial charge in [0.2, 0.25) is 0 Å². The van der Waals surface area contributed by atoms with E-state index in [2.05, 4.69) is 28.3 Å². The van der Waals surface area contributed by atoms with E-state index in [0.717, 1.165) is 41.8 Å². The molecule has 6 nitrogen and oxygen atoms in total. The third-order valence-electron chi connectivity index (χ3n) is 5.04. The molecule has 0 saturated heterocycles. The number of nitrogens with one attached hydrogen (secondary N) is 1. The second-order valence-corrected chi connectivity index (χ2v) is 7.16. The van der Waals surface area contributed by atoms with Crippen LogP contribution in [0.5, 0.6) is 0 Å². The average molecular weight is 349 g/mol. The van der Waals surface area contributed by atoms with Crippen LogP contribution in [0, 0.1) is 5.92 Å². The Morgan fingerprint density at radius 3 is 3.08 bits per heavy atom. The number of aryl methyl sites for hydroxylation is 1. The number of carbonyl (C=O) groups excluding carboxylic acids is 1. The van der Waals surface area contributed by atoms with Crippen LogP contribution in [0.15, 0.2) is 42.7 Å². The molecule has 0 unspecified atom stereocenters. The number of aromatic amines is 1. The molecule has 2 heterocycles. The standard InChI is InChI=1S/C20H23N5O/c1-14-7-8-18-17(11-14)19(23-22-18)20(26)24(2)13-15-5-3-6-16(12-15)25-10-4-9-21-25/h3-6,9-10,12,14H,7-8,11,13H2,1-2H3,(H,22,23)/t14-/m1/s1. The molecule has 6 heteroatoms. The summed E-state index contributed by atoms with van der Waals surface area (Å²) < 4.78 is 1.82. The summed E-state index contributed by atoms with van der Waals surface area (Å²) in [7, 11) is 1.83. The van der Waals surface area contributed by atoms with E-state index in [1.165, 1.54) is 0 Å². The quantitative estimate of drug-likeness (QED) is 0.787. The van der Waals surface area contributed by atoms with E-state index in [-0.39, 0.29) is 5.91 Å². The highest BCUT2D eigenvalue weighted by Crippen LogP contribution is 2.27. The lowest BCUT2D eigenvalue weighted by molar-refractivity contribution is 0.0778. The number of hydrogen-bond donors (Lipinski definition) is 1. The van der Waals surface area contributed by atoms with Crippen LogP contribution in [-0.2, 0) is 19.4 Å². The first-order valence-electron chi connectivity index (χ1n) is 9.02. The van der Waals surface area contributed by atoms with Crippen LogP contribution in [0.2, 0.25) is 0 Å². The molecule has 0 saturated carbocycles. The van der Waals surface area contributed by atoms with E-state index in [1.54, 1.807) is 11.1 Å². The minimum absolute atomic E-state index is 0.0268. The maximum absolute atomic E-state index is 12.9. The van der Waals surface area contributed by atoms with Gasteiger partial charge in [0, 0.05) is 37.2 Å². The van der Waals surface area contributed by atoms with E-state index in [1.807, 2.05) is 42.2 Å². The van der Waals surface area contributed by atoms with Gasteiger partial charge in [0.1, 0.15) is 0 Å². The Morgan fingerprint density at radius 2 is 2.27 bits per heavy atom. The first kappa shape index (κ1) is 16.6. The van der Waals surface area contributed by atoms with Crippen LogP contribution >= 0.6 is 0 Å². The van der Waals surface area contributed by atoms with Crippen molar-refractivity contribution >= 4 is 5.91 Å². The maximum Gasteiger partial charge on any atom is 0.274 e. The van der Waals surface area contributed by atoms with Crippen LogP contribution < -0.4 is 0 Å². The van der Waals surface area contributed by atoms with Gasteiger partial charge in [-0.1, -0.05) is 19.1 Å². The van der Waals surface area contributed by atoms with Crippen LogP contribution in [0.1, 0.15) is 40.7 Å². The van der Waals surface area contributed by atoms with Crippen molar-refractivity contribution in [2.24, 2.45) is 5.92 Å². The van der Waals surface area contributed by atoms with Gasteiger partial charge < -0.3 is 4.90 Å². The highest BCUT2D eigenvalue weighted by atomic mass is 16.2. The lowest BCUT2D eigenvalue weighted by Gasteiger charge is -2.20. The molecular weight excluding hydrogens is 326 g/mol. The molecule has 1 aliphatic rings. The summed E-state index contributed by atoms with van der Waals surface area (Å²) in [5.74, 6) is 0.573. The fourth-order valence-corrected chi connectivity index (χ4v) is 3.59. The summed E-state index contributed by atoms with van der Waals surface area (Å²) >= 11 is 0. The zero-order valence-electron chi connectivity index (χ0n) is 15.1. The van der Waals surface area contributed by atoms with Gasteiger partial charge in [-0.3, -0.25) is 9.89 Å². The van der Waals surface area contributed by atoms with Crippen LogP contribution in [0.25, 0.3) is 5.69 Å². The number of H-pyrrole nitrogens is 1. The van der Waals surface area contributed by atoms with Crippen LogP contribution in [-0.4, -0.2) is 37.8 Å². The number of benzene rings is 1. The molecular formula is C20H23N5O. The van der Waals surface area contributed by atoms with Crippen LogP contribution in [0.3, 0.4) is 0 Å². The molecule has 1 atom stereocenters. The maximum atomic E-state index is 12.9. The molecule has 4 rings (SSSR count). The van der Waals surface area contributed by atoms with Crippen LogP contribution in [0.4, 0.5) is 0 Å². The van der Waals surface area contributed by atoms with Gasteiger partial charge in [-0.25, -0.2) is 4.68 Å². The molecule has 1 aliphatic carbocycles. The lowest BCUT2D eigenvalue weighted by atomic mass is 9.87. The molecule has 0 radical (unpaired) electrons. The Bertz CT molecular complexity index is 912. The van der Waals surface area contributed by atoms with E-state index < -0.39 is 0 Å². The lowest BCUT2D eigenvalue weighted by Crippen LogP contribution is -2.28. The Balaban J connectivity index is 1.52. The first-order valence-corrected chi connectivity index (χ1v) is 9.02. The van der Waals surface area contributed by atoms with Crippen molar-refractivity contribution in [1.29, 1.82) is 0 Å². The van der Waals surface area contributed by atoms with E-state index in [4.69, 9.17) is 0 Å². The number of aromatic nitrogens is 4.